The van der Waals surface area contributed by atoms with Crippen molar-refractivity contribution >= 4 is 8.60 Å². The van der Waals surface area contributed by atoms with Gasteiger partial charge < -0.3 is 14.7 Å². The quantitative estimate of drug-likeness (QED) is 0.264. The third kappa shape index (κ3) is 39.7. The Morgan fingerprint density at radius 1 is 1.33 bits per heavy atom. The second-order valence-corrected chi connectivity index (χ2v) is 0.758. The van der Waals surface area contributed by atoms with Crippen molar-refractivity contribution in [3.05, 3.63) is 0 Å². The van der Waals surface area contributed by atoms with Gasteiger partial charge in [-0.2, -0.15) is 0 Å². The average Bonchev–Trinajstić information content (AvgIpc) is 0.811. The largest absolute Gasteiger partial charge is 1.00 e. The van der Waals surface area contributed by atoms with Crippen LogP contribution in [0.2, 0.25) is 0 Å². The van der Waals surface area contributed by atoms with Crippen molar-refractivity contribution in [1.29, 1.82) is 0 Å². The van der Waals surface area contributed by atoms with Gasteiger partial charge in [0.05, 0.1) is 8.60 Å². The summed E-state index contributed by atoms with van der Waals surface area (Å²) in [5.41, 5.74) is 0. The maximum atomic E-state index is 8.70. The van der Waals surface area contributed by atoms with Gasteiger partial charge in [-0.05, 0) is 0 Å². The zero-order chi connectivity index (χ0) is 3.58. The summed E-state index contributed by atoms with van der Waals surface area (Å²) < 4.78 is 0. The van der Waals surface area contributed by atoms with Gasteiger partial charge in [-0.3, -0.25) is 4.70 Å². The van der Waals surface area contributed by atoms with Crippen LogP contribution in [0.15, 0.2) is 0 Å². The predicted molar refractivity (Wildman–Crippen MR) is 13.9 cm³/mol. The molecule has 0 rings (SSSR count). The van der Waals surface area contributed by atoms with Crippen molar-refractivity contribution in [3.8, 4) is 0 Å². The van der Waals surface area contributed by atoms with Crippen LogP contribution >= 0.6 is 8.60 Å². The SMILES string of the molecule is F.[K+].[O-]P(O)O. The molecule has 0 aliphatic rings. The molecule has 6 heavy (non-hydrogen) atoms. The molecule has 6 heteroatoms. The zero-order valence-corrected chi connectivity index (χ0v) is 7.18. The van der Waals surface area contributed by atoms with Crippen LogP contribution in [0.5, 0.6) is 0 Å². The van der Waals surface area contributed by atoms with Crippen LogP contribution in [-0.2, 0) is 0 Å². The monoisotopic (exact) mass is 140 g/mol. The van der Waals surface area contributed by atoms with Gasteiger partial charge >= 0.3 is 51.4 Å². The fourth-order valence-electron chi connectivity index (χ4n) is 0. The molecule has 0 atom stereocenters. The molecule has 0 spiro atoms. The molecule has 0 bridgehead atoms. The summed E-state index contributed by atoms with van der Waals surface area (Å²) in [6.45, 7) is 0. The van der Waals surface area contributed by atoms with E-state index < -0.39 is 8.60 Å². The molecule has 3 nitrogen and oxygen atoms in total. The van der Waals surface area contributed by atoms with E-state index in [0.29, 0.717) is 0 Å². The van der Waals surface area contributed by atoms with Crippen molar-refractivity contribution in [1.82, 2.24) is 0 Å². The predicted octanol–water partition coefficient (Wildman–Crippen LogP) is -4.29. The Labute approximate surface area is 78.2 Å². The zero-order valence-electron chi connectivity index (χ0n) is 3.16. The van der Waals surface area contributed by atoms with Crippen molar-refractivity contribution in [3.63, 3.8) is 0 Å². The molecule has 0 aromatic heterocycles. The van der Waals surface area contributed by atoms with E-state index in [1.54, 1.807) is 0 Å². The number of hydrogen-bond donors (Lipinski definition) is 2. The van der Waals surface area contributed by atoms with Crippen LogP contribution in [0.1, 0.15) is 0 Å². The van der Waals surface area contributed by atoms with E-state index in [9.17, 15) is 0 Å². The van der Waals surface area contributed by atoms with E-state index >= 15 is 0 Å². The smallest absolute Gasteiger partial charge is 0.786 e. The van der Waals surface area contributed by atoms with E-state index in [-0.39, 0.29) is 56.1 Å². The standard InChI is InChI=1S/FH.K.H2O3P/c;;1-4(2)3/h1H;;1-2H/q;+1;-1. The Hall–Kier alpha value is 1.88. The minimum Gasteiger partial charge on any atom is -0.786 e. The Morgan fingerprint density at radius 3 is 1.33 bits per heavy atom. The summed E-state index contributed by atoms with van der Waals surface area (Å²) in [5, 5.41) is 0. The fraction of sp³-hybridized carbons (Fsp3) is 0. The first-order valence-electron chi connectivity index (χ1n) is 0.583. The molecule has 0 saturated carbocycles. The van der Waals surface area contributed by atoms with Crippen molar-refractivity contribution < 1.29 is 70.8 Å². The minimum absolute atomic E-state index is 0. The van der Waals surface area contributed by atoms with Gasteiger partial charge in [0.1, 0.15) is 0 Å². The number of rotatable bonds is 0. The van der Waals surface area contributed by atoms with Crippen molar-refractivity contribution in [2.24, 2.45) is 0 Å². The van der Waals surface area contributed by atoms with Gasteiger partial charge in [-0.1, -0.05) is 0 Å². The summed E-state index contributed by atoms with van der Waals surface area (Å²) in [6, 6.07) is 0. The summed E-state index contributed by atoms with van der Waals surface area (Å²) >= 11 is 0. The van der Waals surface area contributed by atoms with Crippen LogP contribution in [0, 0.1) is 0 Å². The van der Waals surface area contributed by atoms with E-state index in [4.69, 9.17) is 14.7 Å². The van der Waals surface area contributed by atoms with E-state index in [1.807, 2.05) is 0 Å². The van der Waals surface area contributed by atoms with Gasteiger partial charge in [0, 0.05) is 0 Å². The second kappa shape index (κ2) is 9.99. The first-order chi connectivity index (χ1) is 1.73. The molecule has 0 unspecified atom stereocenters. The maximum absolute atomic E-state index is 8.70. The van der Waals surface area contributed by atoms with Gasteiger partial charge in [-0.25, -0.2) is 0 Å². The van der Waals surface area contributed by atoms with Crippen molar-refractivity contribution in [2.45, 2.75) is 0 Å². The maximum Gasteiger partial charge on any atom is 1.00 e. The molecular formula is H3FKO3P. The molecule has 0 aromatic rings. The molecule has 0 aliphatic heterocycles. The van der Waals surface area contributed by atoms with Crippen LogP contribution in [-0.4, -0.2) is 9.79 Å². The second-order valence-electron chi connectivity index (χ2n) is 0.253. The Kier molecular flexibility index (Phi) is 26.1. The van der Waals surface area contributed by atoms with Crippen molar-refractivity contribution in [2.75, 3.05) is 0 Å². The minimum atomic E-state index is -2.87. The van der Waals surface area contributed by atoms with Gasteiger partial charge in [-0.15, -0.1) is 0 Å². The molecule has 0 aromatic carbocycles. The van der Waals surface area contributed by atoms with E-state index in [0.717, 1.165) is 0 Å². The van der Waals surface area contributed by atoms with E-state index in [1.165, 1.54) is 0 Å². The third-order valence-electron chi connectivity index (χ3n) is 0. The topological polar surface area (TPSA) is 63.5 Å². The Morgan fingerprint density at radius 2 is 1.33 bits per heavy atom. The van der Waals surface area contributed by atoms with Gasteiger partial charge in [0.2, 0.25) is 0 Å². The third-order valence-corrected chi connectivity index (χ3v) is 0. The van der Waals surface area contributed by atoms with Gasteiger partial charge in [0.25, 0.3) is 0 Å². The molecule has 0 amide bonds. The summed E-state index contributed by atoms with van der Waals surface area (Å²) in [5.74, 6) is 0. The molecule has 2 N–H and O–H groups in total. The van der Waals surface area contributed by atoms with Crippen LogP contribution < -0.4 is 56.3 Å². The normalized spacial score (nSPS) is 6.00. The molecule has 34 valence electrons. The molecule has 0 fully saturated rings. The fourth-order valence-corrected chi connectivity index (χ4v) is 0. The molecular weight excluding hydrogens is 137 g/mol. The summed E-state index contributed by atoms with van der Waals surface area (Å²) in [7, 11) is -2.87. The van der Waals surface area contributed by atoms with Crippen LogP contribution in [0.25, 0.3) is 0 Å². The number of hydrogen-bond acceptors (Lipinski definition) is 3. The van der Waals surface area contributed by atoms with Gasteiger partial charge in [0.15, 0.2) is 0 Å². The summed E-state index contributed by atoms with van der Waals surface area (Å²) in [6.07, 6.45) is 0. The molecule has 0 radical (unpaired) electrons. The average molecular weight is 140 g/mol. The van der Waals surface area contributed by atoms with E-state index in [2.05, 4.69) is 0 Å². The summed E-state index contributed by atoms with van der Waals surface area (Å²) in [4.78, 5) is 22.9. The molecule has 0 saturated heterocycles. The first-order valence-corrected chi connectivity index (χ1v) is 1.75. The number of halogens is 1. The molecule has 0 heterocycles. The van der Waals surface area contributed by atoms with Crippen LogP contribution in [0.4, 0.5) is 4.70 Å². The Bertz CT molecular complexity index is 15.5. The Balaban J connectivity index is -0.0000000450. The first kappa shape index (κ1) is 15.7. The van der Waals surface area contributed by atoms with Crippen LogP contribution in [0.3, 0.4) is 0 Å². The molecule has 0 aliphatic carbocycles.